The second kappa shape index (κ2) is 11.5. The number of nitrogens with one attached hydrogen (secondary N) is 3. The Labute approximate surface area is 170 Å². The van der Waals surface area contributed by atoms with E-state index in [-0.39, 0.29) is 5.91 Å². The molecule has 154 valence electrons. The Morgan fingerprint density at radius 1 is 0.862 bits per heavy atom. The van der Waals surface area contributed by atoms with Crippen molar-refractivity contribution in [1.29, 1.82) is 0 Å². The molecule has 0 atom stereocenters. The van der Waals surface area contributed by atoms with Crippen LogP contribution in [0.1, 0.15) is 60.2 Å². The fraction of sp³-hybridized carbons (Fsp3) is 0.318. The van der Waals surface area contributed by atoms with E-state index < -0.39 is 11.8 Å². The fourth-order valence-electron chi connectivity index (χ4n) is 2.51. The number of unbranched alkanes of at least 4 members (excludes halogenated alkanes) is 1. The highest BCUT2D eigenvalue weighted by Gasteiger charge is 2.13. The van der Waals surface area contributed by atoms with Gasteiger partial charge in [-0.3, -0.25) is 25.2 Å². The molecule has 0 unspecified atom stereocenters. The van der Waals surface area contributed by atoms with E-state index in [2.05, 4.69) is 16.2 Å². The van der Waals surface area contributed by atoms with Crippen LogP contribution in [0, 0.1) is 0 Å². The Kier molecular flexibility index (Phi) is 8.69. The van der Waals surface area contributed by atoms with Gasteiger partial charge >= 0.3 is 0 Å². The number of hydrazine groups is 1. The molecule has 0 saturated carbocycles. The molecule has 0 fully saturated rings. The summed E-state index contributed by atoms with van der Waals surface area (Å²) in [7, 11) is 0. The van der Waals surface area contributed by atoms with E-state index in [1.807, 2.05) is 13.8 Å². The van der Waals surface area contributed by atoms with Crippen LogP contribution in [-0.4, -0.2) is 24.3 Å². The lowest BCUT2D eigenvalue weighted by Gasteiger charge is -2.12. The molecule has 0 heterocycles. The van der Waals surface area contributed by atoms with Gasteiger partial charge in [-0.2, -0.15) is 0 Å². The third-order valence-electron chi connectivity index (χ3n) is 4.07. The number of carbonyl (C=O) groups is 3. The normalized spacial score (nSPS) is 10.1. The van der Waals surface area contributed by atoms with Crippen molar-refractivity contribution in [2.24, 2.45) is 0 Å². The molecule has 3 amide bonds. The van der Waals surface area contributed by atoms with E-state index in [0.29, 0.717) is 35.6 Å². The van der Waals surface area contributed by atoms with E-state index in [1.165, 1.54) is 0 Å². The van der Waals surface area contributed by atoms with Gasteiger partial charge in [-0.1, -0.05) is 32.4 Å². The maximum atomic E-state index is 12.4. The number of carbonyl (C=O) groups excluding carboxylic acids is 3. The summed E-state index contributed by atoms with van der Waals surface area (Å²) in [6.07, 6.45) is 3.07. The molecule has 0 aromatic heterocycles. The lowest BCUT2D eigenvalue weighted by atomic mass is 10.2. The molecule has 0 spiro atoms. The molecule has 7 nitrogen and oxygen atoms in total. The SMILES string of the molecule is CCCCC(=O)Nc1ccc(C(=O)NNC(=O)c2ccccc2OCCC)cc1. The third-order valence-corrected chi connectivity index (χ3v) is 4.07. The number of benzene rings is 2. The van der Waals surface area contributed by atoms with Crippen LogP contribution in [0.5, 0.6) is 5.75 Å². The van der Waals surface area contributed by atoms with Crippen molar-refractivity contribution in [3.05, 3.63) is 59.7 Å². The van der Waals surface area contributed by atoms with Crippen LogP contribution in [-0.2, 0) is 4.79 Å². The molecule has 7 heteroatoms. The van der Waals surface area contributed by atoms with Gasteiger partial charge in [0.15, 0.2) is 0 Å². The quantitative estimate of drug-likeness (QED) is 0.563. The zero-order valence-corrected chi connectivity index (χ0v) is 16.8. The molecule has 0 aliphatic rings. The first-order chi connectivity index (χ1) is 14.0. The number of anilines is 1. The monoisotopic (exact) mass is 397 g/mol. The van der Waals surface area contributed by atoms with Gasteiger partial charge in [-0.25, -0.2) is 0 Å². The second-order valence-corrected chi connectivity index (χ2v) is 6.48. The molecule has 2 rings (SSSR count). The molecule has 2 aromatic carbocycles. The highest BCUT2D eigenvalue weighted by Crippen LogP contribution is 2.18. The molecule has 0 bridgehead atoms. The number of ether oxygens (including phenoxy) is 1. The first kappa shape index (κ1) is 21.9. The minimum Gasteiger partial charge on any atom is -0.493 e. The van der Waals surface area contributed by atoms with Gasteiger partial charge in [-0.15, -0.1) is 0 Å². The minimum absolute atomic E-state index is 0.0553. The van der Waals surface area contributed by atoms with E-state index in [1.54, 1.807) is 48.5 Å². The molecule has 0 aliphatic carbocycles. The number of rotatable bonds is 9. The van der Waals surface area contributed by atoms with Gasteiger partial charge in [0.25, 0.3) is 11.8 Å². The second-order valence-electron chi connectivity index (χ2n) is 6.48. The van der Waals surface area contributed by atoms with Crippen LogP contribution in [0.3, 0.4) is 0 Å². The molecule has 3 N–H and O–H groups in total. The van der Waals surface area contributed by atoms with Crippen molar-refractivity contribution in [2.45, 2.75) is 39.5 Å². The molecular formula is C22H27N3O4. The standard InChI is InChI=1S/C22H27N3O4/c1-3-5-10-20(26)23-17-13-11-16(12-14-17)21(27)24-25-22(28)18-8-6-7-9-19(18)29-15-4-2/h6-9,11-14H,3-5,10,15H2,1-2H3,(H,23,26)(H,24,27)(H,25,28). The first-order valence-electron chi connectivity index (χ1n) is 9.77. The largest absolute Gasteiger partial charge is 0.493 e. The summed E-state index contributed by atoms with van der Waals surface area (Å²) < 4.78 is 5.56. The summed E-state index contributed by atoms with van der Waals surface area (Å²) in [5.74, 6) is -0.524. The number of hydrogen-bond acceptors (Lipinski definition) is 4. The number of hydrogen-bond donors (Lipinski definition) is 3. The zero-order chi connectivity index (χ0) is 21.1. The summed E-state index contributed by atoms with van der Waals surface area (Å²) >= 11 is 0. The smallest absolute Gasteiger partial charge is 0.273 e. The van der Waals surface area contributed by atoms with Gasteiger partial charge in [-0.05, 0) is 49.2 Å². The Bertz CT molecular complexity index is 834. The molecule has 0 saturated heterocycles. The maximum Gasteiger partial charge on any atom is 0.273 e. The van der Waals surface area contributed by atoms with Gasteiger partial charge in [0.05, 0.1) is 12.2 Å². The van der Waals surface area contributed by atoms with Gasteiger partial charge < -0.3 is 10.1 Å². The van der Waals surface area contributed by atoms with Gasteiger partial charge in [0.1, 0.15) is 5.75 Å². The molecule has 0 aliphatic heterocycles. The number of amides is 3. The van der Waals surface area contributed by atoms with Crippen LogP contribution in [0.2, 0.25) is 0 Å². The molecule has 29 heavy (non-hydrogen) atoms. The Morgan fingerprint density at radius 3 is 2.24 bits per heavy atom. The van der Waals surface area contributed by atoms with Crippen LogP contribution in [0.4, 0.5) is 5.69 Å². The summed E-state index contributed by atoms with van der Waals surface area (Å²) in [6.45, 7) is 4.50. The highest BCUT2D eigenvalue weighted by molar-refractivity contribution is 6.00. The zero-order valence-electron chi connectivity index (χ0n) is 16.8. The van der Waals surface area contributed by atoms with Crippen LogP contribution >= 0.6 is 0 Å². The predicted octanol–water partition coefficient (Wildman–Crippen LogP) is 3.68. The van der Waals surface area contributed by atoms with Crippen molar-refractivity contribution < 1.29 is 19.1 Å². The van der Waals surface area contributed by atoms with E-state index in [4.69, 9.17) is 4.74 Å². The van der Waals surface area contributed by atoms with Crippen molar-refractivity contribution in [2.75, 3.05) is 11.9 Å². The molecular weight excluding hydrogens is 370 g/mol. The lowest BCUT2D eigenvalue weighted by molar-refractivity contribution is -0.116. The van der Waals surface area contributed by atoms with E-state index in [9.17, 15) is 14.4 Å². The third kappa shape index (κ3) is 6.95. The lowest BCUT2D eigenvalue weighted by Crippen LogP contribution is -2.41. The van der Waals surface area contributed by atoms with E-state index >= 15 is 0 Å². The Hall–Kier alpha value is -3.35. The summed E-state index contributed by atoms with van der Waals surface area (Å²) in [6, 6.07) is 13.3. The van der Waals surface area contributed by atoms with Crippen molar-refractivity contribution >= 4 is 23.4 Å². The molecule has 0 radical (unpaired) electrons. The Morgan fingerprint density at radius 2 is 1.55 bits per heavy atom. The average molecular weight is 397 g/mol. The van der Waals surface area contributed by atoms with Crippen molar-refractivity contribution in [1.82, 2.24) is 10.9 Å². The van der Waals surface area contributed by atoms with Crippen LogP contribution in [0.15, 0.2) is 48.5 Å². The van der Waals surface area contributed by atoms with Crippen molar-refractivity contribution in [3.63, 3.8) is 0 Å². The van der Waals surface area contributed by atoms with Crippen LogP contribution in [0.25, 0.3) is 0 Å². The summed E-state index contributed by atoms with van der Waals surface area (Å²) in [5.41, 5.74) is 6.10. The van der Waals surface area contributed by atoms with E-state index in [0.717, 1.165) is 19.3 Å². The maximum absolute atomic E-state index is 12.4. The topological polar surface area (TPSA) is 96.5 Å². The first-order valence-corrected chi connectivity index (χ1v) is 9.77. The Balaban J connectivity index is 1.90. The van der Waals surface area contributed by atoms with Crippen LogP contribution < -0.4 is 20.9 Å². The van der Waals surface area contributed by atoms with Crippen molar-refractivity contribution in [3.8, 4) is 5.75 Å². The molecule has 2 aromatic rings. The van der Waals surface area contributed by atoms with Gasteiger partial charge in [0.2, 0.25) is 5.91 Å². The fourth-order valence-corrected chi connectivity index (χ4v) is 2.51. The number of para-hydroxylation sites is 1. The summed E-state index contributed by atoms with van der Waals surface area (Å²) in [5, 5.41) is 2.78. The average Bonchev–Trinajstić information content (AvgIpc) is 2.75. The highest BCUT2D eigenvalue weighted by atomic mass is 16.5. The predicted molar refractivity (Wildman–Crippen MR) is 112 cm³/mol. The summed E-state index contributed by atoms with van der Waals surface area (Å²) in [4.78, 5) is 36.4. The minimum atomic E-state index is -0.468. The van der Waals surface area contributed by atoms with Gasteiger partial charge in [0, 0.05) is 17.7 Å².